The fraction of sp³-hybridized carbons (Fsp3) is 0.786. The van der Waals surface area contributed by atoms with E-state index >= 15 is 0 Å². The predicted molar refractivity (Wildman–Crippen MR) is 75.0 cm³/mol. The first-order chi connectivity index (χ1) is 9.55. The number of carbonyl (C=O) groups is 1. The number of hydrogen-bond acceptors (Lipinski definition) is 6. The quantitative estimate of drug-likeness (QED) is 0.646. The molecule has 0 aliphatic heterocycles. The monoisotopic (exact) mass is 283 g/mol. The SMILES string of the molecule is CCCN(CC(=O)OCC)Cc1nc(CC(C)C)no1. The van der Waals surface area contributed by atoms with E-state index in [2.05, 4.69) is 30.9 Å². The highest BCUT2D eigenvalue weighted by atomic mass is 16.5. The molecule has 0 amide bonds. The Balaban J connectivity index is 2.56. The van der Waals surface area contributed by atoms with E-state index < -0.39 is 0 Å². The number of carbonyl (C=O) groups excluding carboxylic acids is 1. The first-order valence-electron chi connectivity index (χ1n) is 7.24. The zero-order valence-corrected chi connectivity index (χ0v) is 12.9. The Kier molecular flexibility index (Phi) is 7.22. The summed E-state index contributed by atoms with van der Waals surface area (Å²) >= 11 is 0. The molecule has 0 aliphatic rings. The molecule has 0 aliphatic carbocycles. The summed E-state index contributed by atoms with van der Waals surface area (Å²) < 4.78 is 10.2. The van der Waals surface area contributed by atoms with E-state index in [0.29, 0.717) is 25.0 Å². The van der Waals surface area contributed by atoms with E-state index in [1.807, 2.05) is 4.90 Å². The predicted octanol–water partition coefficient (Wildman–Crippen LogP) is 2.04. The number of hydrogen-bond donors (Lipinski definition) is 0. The Hall–Kier alpha value is -1.43. The van der Waals surface area contributed by atoms with Gasteiger partial charge in [-0.1, -0.05) is 25.9 Å². The van der Waals surface area contributed by atoms with Crippen molar-refractivity contribution in [3.05, 3.63) is 11.7 Å². The normalized spacial score (nSPS) is 11.3. The molecule has 0 atom stereocenters. The molecule has 0 bridgehead atoms. The first kappa shape index (κ1) is 16.6. The summed E-state index contributed by atoms with van der Waals surface area (Å²) in [4.78, 5) is 17.9. The summed E-state index contributed by atoms with van der Waals surface area (Å²) in [6.45, 7) is 10.0. The van der Waals surface area contributed by atoms with Crippen molar-refractivity contribution in [2.75, 3.05) is 19.7 Å². The lowest BCUT2D eigenvalue weighted by atomic mass is 10.1. The second-order valence-corrected chi connectivity index (χ2v) is 5.22. The standard InChI is InChI=1S/C14H25N3O3/c1-5-7-17(10-14(18)19-6-2)9-13-15-12(16-20-13)8-11(3)4/h11H,5-10H2,1-4H3. The van der Waals surface area contributed by atoms with E-state index in [0.717, 1.165) is 25.2 Å². The molecule has 114 valence electrons. The second-order valence-electron chi connectivity index (χ2n) is 5.22. The number of esters is 1. The van der Waals surface area contributed by atoms with Crippen molar-refractivity contribution in [3.63, 3.8) is 0 Å². The summed E-state index contributed by atoms with van der Waals surface area (Å²) in [5, 5.41) is 3.96. The Morgan fingerprint density at radius 1 is 1.40 bits per heavy atom. The smallest absolute Gasteiger partial charge is 0.320 e. The van der Waals surface area contributed by atoms with Gasteiger partial charge in [0.1, 0.15) is 0 Å². The maximum Gasteiger partial charge on any atom is 0.320 e. The maximum absolute atomic E-state index is 11.5. The van der Waals surface area contributed by atoms with Gasteiger partial charge in [-0.15, -0.1) is 0 Å². The molecule has 1 aromatic rings. The molecule has 20 heavy (non-hydrogen) atoms. The van der Waals surface area contributed by atoms with Crippen molar-refractivity contribution in [1.29, 1.82) is 0 Å². The second kappa shape index (κ2) is 8.68. The summed E-state index contributed by atoms with van der Waals surface area (Å²) in [6, 6.07) is 0. The number of ether oxygens (including phenoxy) is 1. The summed E-state index contributed by atoms with van der Waals surface area (Å²) in [5.41, 5.74) is 0. The van der Waals surface area contributed by atoms with Gasteiger partial charge in [0.05, 0.1) is 19.7 Å². The van der Waals surface area contributed by atoms with Crippen LogP contribution in [0.15, 0.2) is 4.52 Å². The largest absolute Gasteiger partial charge is 0.465 e. The summed E-state index contributed by atoms with van der Waals surface area (Å²) in [5.74, 6) is 1.55. The van der Waals surface area contributed by atoms with Gasteiger partial charge in [0, 0.05) is 6.42 Å². The number of aromatic nitrogens is 2. The lowest BCUT2D eigenvalue weighted by Crippen LogP contribution is -2.31. The molecule has 6 nitrogen and oxygen atoms in total. The van der Waals surface area contributed by atoms with Gasteiger partial charge in [0.15, 0.2) is 5.82 Å². The van der Waals surface area contributed by atoms with Crippen LogP contribution in [0.25, 0.3) is 0 Å². The van der Waals surface area contributed by atoms with E-state index in [1.54, 1.807) is 6.92 Å². The molecule has 0 saturated heterocycles. The molecule has 0 unspecified atom stereocenters. The zero-order chi connectivity index (χ0) is 15.0. The minimum atomic E-state index is -0.220. The summed E-state index contributed by atoms with van der Waals surface area (Å²) in [6.07, 6.45) is 1.75. The molecular formula is C14H25N3O3. The van der Waals surface area contributed by atoms with Crippen LogP contribution in [0.1, 0.15) is 45.8 Å². The molecule has 6 heteroatoms. The molecule has 0 fully saturated rings. The minimum Gasteiger partial charge on any atom is -0.465 e. The first-order valence-corrected chi connectivity index (χ1v) is 7.24. The fourth-order valence-electron chi connectivity index (χ4n) is 1.91. The molecular weight excluding hydrogens is 258 g/mol. The van der Waals surface area contributed by atoms with Gasteiger partial charge < -0.3 is 9.26 Å². The number of rotatable bonds is 9. The van der Waals surface area contributed by atoms with Crippen molar-refractivity contribution in [2.24, 2.45) is 5.92 Å². The van der Waals surface area contributed by atoms with Crippen molar-refractivity contribution in [1.82, 2.24) is 15.0 Å². The number of nitrogens with zero attached hydrogens (tertiary/aromatic N) is 3. The minimum absolute atomic E-state index is 0.220. The lowest BCUT2D eigenvalue weighted by Gasteiger charge is -2.18. The highest BCUT2D eigenvalue weighted by molar-refractivity contribution is 5.71. The molecule has 0 saturated carbocycles. The van der Waals surface area contributed by atoms with Crippen molar-refractivity contribution >= 4 is 5.97 Å². The third-order valence-electron chi connectivity index (χ3n) is 2.66. The van der Waals surface area contributed by atoms with Crippen LogP contribution < -0.4 is 0 Å². The topological polar surface area (TPSA) is 68.5 Å². The van der Waals surface area contributed by atoms with Crippen LogP contribution in [0.2, 0.25) is 0 Å². The third kappa shape index (κ3) is 6.14. The Morgan fingerprint density at radius 3 is 2.75 bits per heavy atom. The molecule has 1 aromatic heterocycles. The van der Waals surface area contributed by atoms with Gasteiger partial charge >= 0.3 is 5.97 Å². The molecule has 0 radical (unpaired) electrons. The van der Waals surface area contributed by atoms with Crippen molar-refractivity contribution < 1.29 is 14.1 Å². The van der Waals surface area contributed by atoms with E-state index in [9.17, 15) is 4.79 Å². The Labute approximate surface area is 120 Å². The summed E-state index contributed by atoms with van der Waals surface area (Å²) in [7, 11) is 0. The molecule has 0 N–H and O–H groups in total. The van der Waals surface area contributed by atoms with Crippen LogP contribution in [0.5, 0.6) is 0 Å². The van der Waals surface area contributed by atoms with Gasteiger partial charge in [-0.2, -0.15) is 4.98 Å². The van der Waals surface area contributed by atoms with Crippen LogP contribution in [-0.4, -0.2) is 40.7 Å². The average molecular weight is 283 g/mol. The van der Waals surface area contributed by atoms with Crippen LogP contribution in [0.3, 0.4) is 0 Å². The Morgan fingerprint density at radius 2 is 2.15 bits per heavy atom. The van der Waals surface area contributed by atoms with Crippen molar-refractivity contribution in [3.8, 4) is 0 Å². The highest BCUT2D eigenvalue weighted by Crippen LogP contribution is 2.07. The highest BCUT2D eigenvalue weighted by Gasteiger charge is 2.15. The van der Waals surface area contributed by atoms with Crippen LogP contribution >= 0.6 is 0 Å². The van der Waals surface area contributed by atoms with Gasteiger partial charge in [0.25, 0.3) is 0 Å². The van der Waals surface area contributed by atoms with Crippen LogP contribution in [0.4, 0.5) is 0 Å². The average Bonchev–Trinajstić information content (AvgIpc) is 2.76. The van der Waals surface area contributed by atoms with E-state index in [-0.39, 0.29) is 12.5 Å². The fourth-order valence-corrected chi connectivity index (χ4v) is 1.91. The van der Waals surface area contributed by atoms with E-state index in [1.165, 1.54) is 0 Å². The zero-order valence-electron chi connectivity index (χ0n) is 12.9. The Bertz CT molecular complexity index is 404. The molecule has 1 heterocycles. The lowest BCUT2D eigenvalue weighted by molar-refractivity contribution is -0.144. The third-order valence-corrected chi connectivity index (χ3v) is 2.66. The van der Waals surface area contributed by atoms with Crippen LogP contribution in [0, 0.1) is 5.92 Å². The van der Waals surface area contributed by atoms with Crippen LogP contribution in [-0.2, 0) is 22.5 Å². The molecule has 0 aromatic carbocycles. The van der Waals surface area contributed by atoms with Gasteiger partial charge in [-0.25, -0.2) is 0 Å². The van der Waals surface area contributed by atoms with E-state index in [4.69, 9.17) is 9.26 Å². The van der Waals surface area contributed by atoms with Crippen molar-refractivity contribution in [2.45, 2.75) is 47.1 Å². The maximum atomic E-state index is 11.5. The van der Waals surface area contributed by atoms with Gasteiger partial charge in [0.2, 0.25) is 5.89 Å². The molecule has 0 spiro atoms. The van der Waals surface area contributed by atoms with Gasteiger partial charge in [-0.05, 0) is 25.8 Å². The van der Waals surface area contributed by atoms with Gasteiger partial charge in [-0.3, -0.25) is 9.69 Å². The molecule has 1 rings (SSSR count).